The number of benzene rings is 2. The highest BCUT2D eigenvalue weighted by molar-refractivity contribution is 6.30. The third kappa shape index (κ3) is 5.33. The number of amides is 2. The van der Waals surface area contributed by atoms with Crippen LogP contribution in [0.5, 0.6) is 0 Å². The van der Waals surface area contributed by atoms with Gasteiger partial charge in [-0.25, -0.2) is 4.68 Å². The summed E-state index contributed by atoms with van der Waals surface area (Å²) in [5.41, 5.74) is 2.59. The molecule has 1 saturated heterocycles. The number of aryl methyl sites for hydroxylation is 1. The van der Waals surface area contributed by atoms with E-state index in [2.05, 4.69) is 17.2 Å². The maximum atomic E-state index is 12.9. The fourth-order valence-electron chi connectivity index (χ4n) is 3.78. The van der Waals surface area contributed by atoms with Crippen molar-refractivity contribution in [2.45, 2.75) is 19.3 Å². The number of hydrogen-bond donors (Lipinski definition) is 0. The fourth-order valence-corrected chi connectivity index (χ4v) is 3.97. The lowest BCUT2D eigenvalue weighted by atomic mass is 10.1. The van der Waals surface area contributed by atoms with Crippen LogP contribution in [0.25, 0.3) is 5.69 Å². The van der Waals surface area contributed by atoms with Crippen molar-refractivity contribution in [2.75, 3.05) is 26.2 Å². The first-order chi connectivity index (χ1) is 15.1. The van der Waals surface area contributed by atoms with Crippen molar-refractivity contribution in [2.24, 2.45) is 0 Å². The standard InChI is InChI=1S/C24H25ClN4O2/c25-21-9-5-10-22(16-21)29-18-20(17-26-29)24(31)28-14-12-27(13-15-28)23(30)11-4-8-19-6-2-1-3-7-19/h1-3,5-7,9-10,16-18H,4,8,11-15H2. The Hall–Kier alpha value is -3.12. The van der Waals surface area contributed by atoms with Gasteiger partial charge >= 0.3 is 0 Å². The molecule has 0 radical (unpaired) electrons. The van der Waals surface area contributed by atoms with E-state index in [0.717, 1.165) is 18.5 Å². The van der Waals surface area contributed by atoms with Gasteiger partial charge in [-0.2, -0.15) is 5.10 Å². The lowest BCUT2D eigenvalue weighted by molar-refractivity contribution is -0.132. The SMILES string of the molecule is O=C(CCCc1ccccc1)N1CCN(C(=O)c2cnn(-c3cccc(Cl)c3)c2)CC1. The summed E-state index contributed by atoms with van der Waals surface area (Å²) in [6.45, 7) is 2.20. The molecule has 0 bridgehead atoms. The van der Waals surface area contributed by atoms with Crippen LogP contribution < -0.4 is 0 Å². The molecule has 0 unspecified atom stereocenters. The van der Waals surface area contributed by atoms with E-state index in [1.54, 1.807) is 34.1 Å². The van der Waals surface area contributed by atoms with E-state index in [0.29, 0.717) is 43.2 Å². The Balaban J connectivity index is 1.26. The van der Waals surface area contributed by atoms with E-state index in [-0.39, 0.29) is 11.8 Å². The quantitative estimate of drug-likeness (QED) is 0.590. The van der Waals surface area contributed by atoms with Crippen molar-refractivity contribution in [1.82, 2.24) is 19.6 Å². The smallest absolute Gasteiger partial charge is 0.257 e. The van der Waals surface area contributed by atoms with Crippen molar-refractivity contribution in [3.8, 4) is 5.69 Å². The number of hydrogen-bond acceptors (Lipinski definition) is 3. The second kappa shape index (κ2) is 9.79. The fraction of sp³-hybridized carbons (Fsp3) is 0.292. The largest absolute Gasteiger partial charge is 0.339 e. The minimum absolute atomic E-state index is 0.0653. The summed E-state index contributed by atoms with van der Waals surface area (Å²) < 4.78 is 1.64. The van der Waals surface area contributed by atoms with Crippen molar-refractivity contribution >= 4 is 23.4 Å². The first-order valence-electron chi connectivity index (χ1n) is 10.5. The van der Waals surface area contributed by atoms with Crippen LogP contribution in [0, 0.1) is 0 Å². The van der Waals surface area contributed by atoms with Crippen molar-refractivity contribution in [1.29, 1.82) is 0 Å². The number of aromatic nitrogens is 2. The van der Waals surface area contributed by atoms with E-state index in [1.165, 1.54) is 5.56 Å². The highest BCUT2D eigenvalue weighted by Crippen LogP contribution is 2.16. The van der Waals surface area contributed by atoms with Crippen LogP contribution in [0.15, 0.2) is 67.0 Å². The van der Waals surface area contributed by atoms with Gasteiger partial charge in [0, 0.05) is 43.8 Å². The molecule has 3 aromatic rings. The van der Waals surface area contributed by atoms with Gasteiger partial charge in [-0.05, 0) is 36.6 Å². The Morgan fingerprint density at radius 2 is 1.68 bits per heavy atom. The van der Waals surface area contributed by atoms with Gasteiger partial charge in [0.15, 0.2) is 0 Å². The van der Waals surface area contributed by atoms with Gasteiger partial charge in [0.05, 0.1) is 17.4 Å². The van der Waals surface area contributed by atoms with Gasteiger partial charge in [-0.1, -0.05) is 48.0 Å². The normalized spacial score (nSPS) is 14.0. The molecule has 0 aliphatic carbocycles. The molecule has 1 aromatic heterocycles. The summed E-state index contributed by atoms with van der Waals surface area (Å²) in [4.78, 5) is 29.0. The van der Waals surface area contributed by atoms with E-state index >= 15 is 0 Å². The van der Waals surface area contributed by atoms with Gasteiger partial charge in [0.1, 0.15) is 0 Å². The maximum absolute atomic E-state index is 12.9. The topological polar surface area (TPSA) is 58.4 Å². The van der Waals surface area contributed by atoms with Gasteiger partial charge in [0.2, 0.25) is 5.91 Å². The van der Waals surface area contributed by atoms with Crippen LogP contribution in [-0.2, 0) is 11.2 Å². The summed E-state index contributed by atoms with van der Waals surface area (Å²) in [6, 6.07) is 17.5. The van der Waals surface area contributed by atoms with Gasteiger partial charge in [-0.3, -0.25) is 9.59 Å². The Morgan fingerprint density at radius 3 is 2.42 bits per heavy atom. The molecule has 1 aliphatic rings. The van der Waals surface area contributed by atoms with Crippen LogP contribution in [0.3, 0.4) is 0 Å². The highest BCUT2D eigenvalue weighted by atomic mass is 35.5. The summed E-state index contributed by atoms with van der Waals surface area (Å²) in [6.07, 6.45) is 5.57. The zero-order valence-electron chi connectivity index (χ0n) is 17.3. The molecule has 1 fully saturated rings. The van der Waals surface area contributed by atoms with Gasteiger partial charge in [0.25, 0.3) is 5.91 Å². The predicted octanol–water partition coefficient (Wildman–Crippen LogP) is 3.83. The monoisotopic (exact) mass is 436 g/mol. The van der Waals surface area contributed by atoms with Crippen molar-refractivity contribution < 1.29 is 9.59 Å². The predicted molar refractivity (Wildman–Crippen MR) is 120 cm³/mol. The summed E-state index contributed by atoms with van der Waals surface area (Å²) >= 11 is 6.04. The number of piperazine rings is 1. The lowest BCUT2D eigenvalue weighted by Crippen LogP contribution is -2.50. The molecular weight excluding hydrogens is 412 g/mol. The third-order valence-electron chi connectivity index (χ3n) is 5.52. The van der Waals surface area contributed by atoms with Crippen LogP contribution in [0.4, 0.5) is 0 Å². The van der Waals surface area contributed by atoms with Crippen molar-refractivity contribution in [3.63, 3.8) is 0 Å². The summed E-state index contributed by atoms with van der Waals surface area (Å²) in [5, 5.41) is 4.91. The first-order valence-corrected chi connectivity index (χ1v) is 10.9. The van der Waals surface area contributed by atoms with E-state index in [1.807, 2.05) is 35.2 Å². The Labute approximate surface area is 187 Å². The molecule has 0 spiro atoms. The molecule has 0 saturated carbocycles. The molecule has 2 amide bonds. The minimum Gasteiger partial charge on any atom is -0.339 e. The third-order valence-corrected chi connectivity index (χ3v) is 5.76. The zero-order valence-corrected chi connectivity index (χ0v) is 18.0. The van der Waals surface area contributed by atoms with Crippen LogP contribution >= 0.6 is 11.6 Å². The van der Waals surface area contributed by atoms with Crippen LogP contribution in [-0.4, -0.2) is 57.6 Å². The molecule has 4 rings (SSSR count). The average Bonchev–Trinajstić information content (AvgIpc) is 3.30. The Morgan fingerprint density at radius 1 is 0.935 bits per heavy atom. The van der Waals surface area contributed by atoms with E-state index < -0.39 is 0 Å². The molecular formula is C24H25ClN4O2. The number of carbonyl (C=O) groups is 2. The number of carbonyl (C=O) groups excluding carboxylic acids is 2. The average molecular weight is 437 g/mol. The Kier molecular flexibility index (Phi) is 6.67. The van der Waals surface area contributed by atoms with E-state index in [9.17, 15) is 9.59 Å². The van der Waals surface area contributed by atoms with Gasteiger partial charge in [-0.15, -0.1) is 0 Å². The summed E-state index contributed by atoms with van der Waals surface area (Å²) in [7, 11) is 0. The molecule has 0 atom stereocenters. The second-order valence-corrected chi connectivity index (χ2v) is 8.10. The highest BCUT2D eigenvalue weighted by Gasteiger charge is 2.25. The lowest BCUT2D eigenvalue weighted by Gasteiger charge is -2.34. The molecule has 7 heteroatoms. The molecule has 31 heavy (non-hydrogen) atoms. The molecule has 1 aliphatic heterocycles. The molecule has 0 N–H and O–H groups in total. The van der Waals surface area contributed by atoms with Crippen LogP contribution in [0.2, 0.25) is 5.02 Å². The van der Waals surface area contributed by atoms with Gasteiger partial charge < -0.3 is 9.80 Å². The van der Waals surface area contributed by atoms with Crippen LogP contribution in [0.1, 0.15) is 28.8 Å². The van der Waals surface area contributed by atoms with E-state index in [4.69, 9.17) is 11.6 Å². The zero-order chi connectivity index (χ0) is 21.6. The number of rotatable bonds is 6. The summed E-state index contributed by atoms with van der Waals surface area (Å²) in [5.74, 6) is 0.0984. The Bertz CT molecular complexity index is 1040. The molecule has 6 nitrogen and oxygen atoms in total. The second-order valence-electron chi connectivity index (χ2n) is 7.67. The maximum Gasteiger partial charge on any atom is 0.257 e. The number of halogens is 1. The molecule has 160 valence electrons. The van der Waals surface area contributed by atoms with Crippen molar-refractivity contribution in [3.05, 3.63) is 83.1 Å². The minimum atomic E-state index is -0.0653. The number of nitrogens with zero attached hydrogens (tertiary/aromatic N) is 4. The first kappa shape index (κ1) is 21.1. The molecule has 2 aromatic carbocycles. The molecule has 2 heterocycles.